The first-order valence-corrected chi connectivity index (χ1v) is 6.60. The maximum absolute atomic E-state index is 5.92. The quantitative estimate of drug-likeness (QED) is 0.593. The van der Waals surface area contributed by atoms with Gasteiger partial charge < -0.3 is 4.84 Å². The Morgan fingerprint density at radius 3 is 2.11 bits per heavy atom. The SMILES string of the molecule is CC(C)O/N=C(\c1ccccc1)c1ccc(Cl)cc1. The van der Waals surface area contributed by atoms with Gasteiger partial charge in [0.1, 0.15) is 11.8 Å². The summed E-state index contributed by atoms with van der Waals surface area (Å²) in [4.78, 5) is 5.40. The number of halogens is 1. The molecule has 19 heavy (non-hydrogen) atoms. The predicted molar refractivity (Wildman–Crippen MR) is 79.8 cm³/mol. The third-order valence-corrected chi connectivity index (χ3v) is 2.77. The molecule has 0 aliphatic heterocycles. The van der Waals surface area contributed by atoms with Crippen LogP contribution >= 0.6 is 11.6 Å². The van der Waals surface area contributed by atoms with Crippen molar-refractivity contribution in [3.8, 4) is 0 Å². The number of oxime groups is 1. The Bertz CT molecular complexity index is 547. The van der Waals surface area contributed by atoms with E-state index in [9.17, 15) is 0 Å². The standard InChI is InChI=1S/C16H16ClNO/c1-12(2)19-18-16(13-6-4-3-5-7-13)14-8-10-15(17)11-9-14/h3-12H,1-2H3/b18-16+. The summed E-state index contributed by atoms with van der Waals surface area (Å²) in [6, 6.07) is 17.6. The summed E-state index contributed by atoms with van der Waals surface area (Å²) in [5.41, 5.74) is 2.81. The Hall–Kier alpha value is -1.80. The minimum absolute atomic E-state index is 0.0472. The highest BCUT2D eigenvalue weighted by molar-refractivity contribution is 6.30. The number of rotatable bonds is 4. The topological polar surface area (TPSA) is 21.6 Å². The Balaban J connectivity index is 2.40. The van der Waals surface area contributed by atoms with Gasteiger partial charge in [0.05, 0.1) is 0 Å². The summed E-state index contributed by atoms with van der Waals surface area (Å²) in [5, 5.41) is 4.98. The average molecular weight is 274 g/mol. The third-order valence-electron chi connectivity index (χ3n) is 2.52. The molecule has 0 saturated carbocycles. The second-order valence-electron chi connectivity index (χ2n) is 4.47. The number of benzene rings is 2. The molecule has 2 rings (SSSR count). The molecule has 0 N–H and O–H groups in total. The maximum Gasteiger partial charge on any atom is 0.122 e. The molecular weight excluding hydrogens is 258 g/mol. The van der Waals surface area contributed by atoms with E-state index in [0.29, 0.717) is 5.02 Å². The van der Waals surface area contributed by atoms with Gasteiger partial charge in [-0.2, -0.15) is 0 Å². The van der Waals surface area contributed by atoms with E-state index in [1.807, 2.05) is 68.4 Å². The van der Waals surface area contributed by atoms with Crippen LogP contribution in [0.15, 0.2) is 59.8 Å². The molecule has 98 valence electrons. The van der Waals surface area contributed by atoms with E-state index in [1.165, 1.54) is 0 Å². The fourth-order valence-electron chi connectivity index (χ4n) is 1.63. The lowest BCUT2D eigenvalue weighted by atomic mass is 10.0. The van der Waals surface area contributed by atoms with Gasteiger partial charge in [-0.3, -0.25) is 0 Å². The van der Waals surface area contributed by atoms with Crippen LogP contribution in [0.1, 0.15) is 25.0 Å². The summed E-state index contributed by atoms with van der Waals surface area (Å²) < 4.78 is 0. The van der Waals surface area contributed by atoms with Crippen molar-refractivity contribution in [1.82, 2.24) is 0 Å². The van der Waals surface area contributed by atoms with Gasteiger partial charge in [0, 0.05) is 16.1 Å². The average Bonchev–Trinajstić information content (AvgIpc) is 2.42. The van der Waals surface area contributed by atoms with Gasteiger partial charge in [-0.05, 0) is 26.0 Å². The molecule has 0 amide bonds. The zero-order chi connectivity index (χ0) is 13.7. The Morgan fingerprint density at radius 1 is 0.947 bits per heavy atom. The molecule has 2 nitrogen and oxygen atoms in total. The monoisotopic (exact) mass is 273 g/mol. The number of hydrogen-bond donors (Lipinski definition) is 0. The fraction of sp³-hybridized carbons (Fsp3) is 0.188. The van der Waals surface area contributed by atoms with Crippen molar-refractivity contribution in [2.75, 3.05) is 0 Å². The molecule has 0 atom stereocenters. The van der Waals surface area contributed by atoms with Crippen molar-refractivity contribution < 1.29 is 4.84 Å². The first-order valence-electron chi connectivity index (χ1n) is 6.22. The zero-order valence-corrected chi connectivity index (χ0v) is 11.8. The van der Waals surface area contributed by atoms with Crippen LogP contribution in [0.2, 0.25) is 5.02 Å². The van der Waals surface area contributed by atoms with E-state index in [0.717, 1.165) is 16.8 Å². The van der Waals surface area contributed by atoms with Crippen LogP contribution in [0, 0.1) is 0 Å². The maximum atomic E-state index is 5.92. The summed E-state index contributed by atoms with van der Waals surface area (Å²) in [5.74, 6) is 0. The van der Waals surface area contributed by atoms with Crippen LogP contribution in [-0.4, -0.2) is 11.8 Å². The van der Waals surface area contributed by atoms with Gasteiger partial charge in [-0.15, -0.1) is 0 Å². The van der Waals surface area contributed by atoms with E-state index in [2.05, 4.69) is 5.16 Å². The predicted octanol–water partition coefficient (Wildman–Crippen LogP) is 4.52. The van der Waals surface area contributed by atoms with Gasteiger partial charge in [-0.1, -0.05) is 59.2 Å². The van der Waals surface area contributed by atoms with Crippen molar-refractivity contribution in [2.45, 2.75) is 20.0 Å². The van der Waals surface area contributed by atoms with Gasteiger partial charge in [0.25, 0.3) is 0 Å². The number of nitrogens with zero attached hydrogens (tertiary/aromatic N) is 1. The largest absolute Gasteiger partial charge is 0.393 e. The highest BCUT2D eigenvalue weighted by atomic mass is 35.5. The summed E-state index contributed by atoms with van der Waals surface area (Å²) in [6.45, 7) is 3.90. The van der Waals surface area contributed by atoms with Crippen molar-refractivity contribution in [1.29, 1.82) is 0 Å². The zero-order valence-electron chi connectivity index (χ0n) is 11.0. The third kappa shape index (κ3) is 3.83. The second kappa shape index (κ2) is 6.39. The van der Waals surface area contributed by atoms with Gasteiger partial charge >= 0.3 is 0 Å². The summed E-state index contributed by atoms with van der Waals surface area (Å²) >= 11 is 5.92. The second-order valence-corrected chi connectivity index (χ2v) is 4.90. The summed E-state index contributed by atoms with van der Waals surface area (Å²) in [7, 11) is 0. The minimum atomic E-state index is 0.0472. The lowest BCUT2D eigenvalue weighted by Crippen LogP contribution is -2.06. The van der Waals surface area contributed by atoms with E-state index >= 15 is 0 Å². The van der Waals surface area contributed by atoms with Crippen molar-refractivity contribution >= 4 is 17.3 Å². The molecule has 0 heterocycles. The lowest BCUT2D eigenvalue weighted by Gasteiger charge is -2.09. The molecule has 2 aromatic rings. The normalized spacial score (nSPS) is 11.7. The Morgan fingerprint density at radius 2 is 1.53 bits per heavy atom. The molecule has 0 aliphatic carbocycles. The Labute approximate surface area is 118 Å². The van der Waals surface area contributed by atoms with E-state index in [1.54, 1.807) is 0 Å². The van der Waals surface area contributed by atoms with E-state index < -0.39 is 0 Å². The molecule has 0 bridgehead atoms. The molecular formula is C16H16ClNO. The number of hydrogen-bond acceptors (Lipinski definition) is 2. The molecule has 2 aromatic carbocycles. The first kappa shape index (κ1) is 13.6. The van der Waals surface area contributed by atoms with Crippen LogP contribution in [0.25, 0.3) is 0 Å². The molecule has 0 spiro atoms. The molecule has 0 radical (unpaired) electrons. The van der Waals surface area contributed by atoms with Crippen LogP contribution in [0.4, 0.5) is 0 Å². The highest BCUT2D eigenvalue weighted by Gasteiger charge is 2.08. The van der Waals surface area contributed by atoms with Crippen molar-refractivity contribution in [3.05, 3.63) is 70.7 Å². The first-order chi connectivity index (χ1) is 9.16. The molecule has 3 heteroatoms. The molecule has 0 aliphatic rings. The summed E-state index contributed by atoms with van der Waals surface area (Å²) in [6.07, 6.45) is 0.0472. The van der Waals surface area contributed by atoms with Crippen molar-refractivity contribution in [3.63, 3.8) is 0 Å². The smallest absolute Gasteiger partial charge is 0.122 e. The van der Waals surface area contributed by atoms with Gasteiger partial charge in [-0.25, -0.2) is 0 Å². The lowest BCUT2D eigenvalue weighted by molar-refractivity contribution is 0.0863. The van der Waals surface area contributed by atoms with Crippen LogP contribution in [0.3, 0.4) is 0 Å². The van der Waals surface area contributed by atoms with E-state index in [-0.39, 0.29) is 6.10 Å². The van der Waals surface area contributed by atoms with Crippen molar-refractivity contribution in [2.24, 2.45) is 5.16 Å². The molecule has 0 saturated heterocycles. The molecule has 0 aromatic heterocycles. The molecule has 0 fully saturated rings. The fourth-order valence-corrected chi connectivity index (χ4v) is 1.76. The van der Waals surface area contributed by atoms with Crippen LogP contribution in [0.5, 0.6) is 0 Å². The Kier molecular flexibility index (Phi) is 4.58. The highest BCUT2D eigenvalue weighted by Crippen LogP contribution is 2.15. The van der Waals surface area contributed by atoms with Gasteiger partial charge in [0.2, 0.25) is 0 Å². The van der Waals surface area contributed by atoms with E-state index in [4.69, 9.17) is 16.4 Å². The van der Waals surface area contributed by atoms with Crippen LogP contribution in [-0.2, 0) is 4.84 Å². The minimum Gasteiger partial charge on any atom is -0.393 e. The molecule has 0 unspecified atom stereocenters. The van der Waals surface area contributed by atoms with Gasteiger partial charge in [0.15, 0.2) is 0 Å². The van der Waals surface area contributed by atoms with Crippen LogP contribution < -0.4 is 0 Å².